The predicted molar refractivity (Wildman–Crippen MR) is 91.7 cm³/mol. The lowest BCUT2D eigenvalue weighted by Crippen LogP contribution is -2.18. The van der Waals surface area contributed by atoms with Crippen LogP contribution in [-0.2, 0) is 12.4 Å². The third-order valence-corrected chi connectivity index (χ3v) is 3.78. The van der Waals surface area contributed by atoms with E-state index < -0.39 is 29.4 Å². The highest BCUT2D eigenvalue weighted by Crippen LogP contribution is 2.38. The minimum absolute atomic E-state index is 0.102. The fourth-order valence-corrected chi connectivity index (χ4v) is 2.20. The van der Waals surface area contributed by atoms with Crippen LogP contribution in [0.3, 0.4) is 0 Å². The molecule has 0 aliphatic carbocycles. The molecule has 0 saturated heterocycles. The highest BCUT2D eigenvalue weighted by Gasteiger charge is 2.35. The molecule has 154 valence electrons. The molecule has 0 bridgehead atoms. The van der Waals surface area contributed by atoms with Gasteiger partial charge >= 0.3 is 12.4 Å². The molecule has 0 amide bonds. The lowest BCUT2D eigenvalue weighted by molar-refractivity contribution is -0.141. The van der Waals surface area contributed by atoms with Crippen molar-refractivity contribution in [1.29, 1.82) is 0 Å². The molecule has 0 unspecified atom stereocenters. The Morgan fingerprint density at radius 3 is 2.25 bits per heavy atom. The molecule has 0 saturated carbocycles. The molecule has 11 heteroatoms. The van der Waals surface area contributed by atoms with Gasteiger partial charge in [-0.3, -0.25) is 0 Å². The number of anilines is 3. The van der Waals surface area contributed by atoms with Crippen molar-refractivity contribution < 1.29 is 31.1 Å². The van der Waals surface area contributed by atoms with Crippen molar-refractivity contribution in [1.82, 2.24) is 9.97 Å². The van der Waals surface area contributed by atoms with Crippen LogP contribution in [0.5, 0.6) is 5.75 Å². The molecule has 0 fully saturated rings. The van der Waals surface area contributed by atoms with E-state index in [1.165, 1.54) is 6.07 Å². The van der Waals surface area contributed by atoms with E-state index in [1.54, 1.807) is 6.92 Å². The van der Waals surface area contributed by atoms with Gasteiger partial charge in [-0.2, -0.15) is 31.3 Å². The van der Waals surface area contributed by atoms with E-state index in [-0.39, 0.29) is 23.5 Å². The Kier molecular flexibility index (Phi) is 6.25. The summed E-state index contributed by atoms with van der Waals surface area (Å²) in [6.07, 6.45) is -8.84. The first-order valence-electron chi connectivity index (χ1n) is 8.19. The first-order valence-corrected chi connectivity index (χ1v) is 8.19. The lowest BCUT2D eigenvalue weighted by atomic mass is 10.1. The Morgan fingerprint density at radius 1 is 1.04 bits per heavy atom. The third-order valence-electron chi connectivity index (χ3n) is 3.78. The average molecular weight is 408 g/mol. The maximum Gasteiger partial charge on any atom is 0.433 e. The van der Waals surface area contributed by atoms with Crippen LogP contribution in [-0.4, -0.2) is 23.1 Å². The van der Waals surface area contributed by atoms with Crippen LogP contribution in [0.4, 0.5) is 43.8 Å². The minimum atomic E-state index is -4.75. The molecule has 5 nitrogen and oxygen atoms in total. The highest BCUT2D eigenvalue weighted by atomic mass is 19.4. The molecule has 28 heavy (non-hydrogen) atoms. The highest BCUT2D eigenvalue weighted by molar-refractivity contribution is 5.61. The number of hydrogen-bond acceptors (Lipinski definition) is 5. The quantitative estimate of drug-likeness (QED) is 0.620. The second kappa shape index (κ2) is 8.11. The van der Waals surface area contributed by atoms with Crippen molar-refractivity contribution in [3.8, 4) is 5.75 Å². The summed E-state index contributed by atoms with van der Waals surface area (Å²) < 4.78 is 83.4. The number of nitrogens with zero attached hydrogens (tertiary/aromatic N) is 2. The molecular formula is C17H18F6N4O. The molecule has 0 radical (unpaired) electrons. The summed E-state index contributed by atoms with van der Waals surface area (Å²) in [5.74, 6) is -0.988. The van der Waals surface area contributed by atoms with Gasteiger partial charge in [0.15, 0.2) is 5.69 Å². The van der Waals surface area contributed by atoms with Crippen LogP contribution in [0.1, 0.15) is 31.5 Å². The maximum atomic E-state index is 13.1. The number of hydrogen-bond donors (Lipinski definition) is 2. The minimum Gasteiger partial charge on any atom is -0.496 e. The van der Waals surface area contributed by atoms with Crippen LogP contribution >= 0.6 is 0 Å². The summed E-state index contributed by atoms with van der Waals surface area (Å²) in [5.41, 5.74) is -2.39. The molecule has 0 aliphatic heterocycles. The van der Waals surface area contributed by atoms with Gasteiger partial charge in [-0.05, 0) is 31.5 Å². The number of alkyl halides is 6. The number of methoxy groups -OCH3 is 1. The molecule has 0 spiro atoms. The largest absolute Gasteiger partial charge is 0.496 e. The van der Waals surface area contributed by atoms with Crippen LogP contribution in [0.2, 0.25) is 0 Å². The van der Waals surface area contributed by atoms with E-state index in [9.17, 15) is 26.3 Å². The molecule has 1 aromatic carbocycles. The van der Waals surface area contributed by atoms with E-state index >= 15 is 0 Å². The van der Waals surface area contributed by atoms with E-state index in [1.807, 2.05) is 6.92 Å². The van der Waals surface area contributed by atoms with Crippen LogP contribution in [0.25, 0.3) is 0 Å². The molecule has 0 aliphatic rings. The normalized spacial score (nSPS) is 13.2. The Labute approximate surface area is 157 Å². The number of aromatic nitrogens is 2. The third kappa shape index (κ3) is 5.40. The Balaban J connectivity index is 2.43. The van der Waals surface area contributed by atoms with Gasteiger partial charge in [0.1, 0.15) is 11.6 Å². The smallest absolute Gasteiger partial charge is 0.433 e. The molecular weight excluding hydrogens is 390 g/mol. The Hall–Kier alpha value is -2.72. The van der Waals surface area contributed by atoms with Gasteiger partial charge in [-0.1, -0.05) is 6.92 Å². The zero-order valence-electron chi connectivity index (χ0n) is 15.2. The first kappa shape index (κ1) is 21.6. The molecule has 2 aromatic rings. The van der Waals surface area contributed by atoms with E-state index in [4.69, 9.17) is 0 Å². The summed E-state index contributed by atoms with van der Waals surface area (Å²) in [6.45, 7) is 3.55. The molecule has 1 heterocycles. The van der Waals surface area contributed by atoms with Crippen molar-refractivity contribution in [2.45, 2.75) is 38.7 Å². The predicted octanol–water partition coefficient (Wildman–Crippen LogP) is 5.48. The van der Waals surface area contributed by atoms with Crippen LogP contribution in [0.15, 0.2) is 24.3 Å². The van der Waals surface area contributed by atoms with E-state index in [0.29, 0.717) is 12.5 Å². The van der Waals surface area contributed by atoms with Crippen molar-refractivity contribution in [3.63, 3.8) is 0 Å². The van der Waals surface area contributed by atoms with E-state index in [2.05, 4.69) is 25.3 Å². The second-order valence-electron chi connectivity index (χ2n) is 5.95. The molecule has 2 N–H and O–H groups in total. The second-order valence-corrected chi connectivity index (χ2v) is 5.95. The molecule has 1 atom stereocenters. The molecule has 2 rings (SSSR count). The van der Waals surface area contributed by atoms with Crippen molar-refractivity contribution in [2.75, 3.05) is 17.7 Å². The van der Waals surface area contributed by atoms with Gasteiger partial charge in [0.25, 0.3) is 0 Å². The number of nitrogens with one attached hydrogen (secondary N) is 2. The number of halogens is 6. The van der Waals surface area contributed by atoms with Gasteiger partial charge in [0, 0.05) is 17.8 Å². The number of benzene rings is 1. The summed E-state index contributed by atoms with van der Waals surface area (Å²) in [7, 11) is 1.09. The van der Waals surface area contributed by atoms with Crippen molar-refractivity contribution in [3.05, 3.63) is 35.5 Å². The fourth-order valence-electron chi connectivity index (χ4n) is 2.20. The van der Waals surface area contributed by atoms with Gasteiger partial charge in [-0.25, -0.2) is 4.98 Å². The first-order chi connectivity index (χ1) is 12.9. The van der Waals surface area contributed by atoms with Gasteiger partial charge in [0.2, 0.25) is 5.95 Å². The van der Waals surface area contributed by atoms with Crippen LogP contribution in [0, 0.1) is 0 Å². The van der Waals surface area contributed by atoms with Crippen LogP contribution < -0.4 is 15.4 Å². The standard InChI is InChI=1S/C17H18F6N4O/c1-4-9(2)24-15-26-13(17(21,22)23)8-14(27-15)25-10-5-6-12(28-3)11(7-10)16(18,19)20/h5-9H,4H2,1-3H3,(H2,24,25,26,27)/t9-/m0/s1. The number of rotatable bonds is 6. The Bertz CT molecular complexity index is 822. The summed E-state index contributed by atoms with van der Waals surface area (Å²) >= 11 is 0. The van der Waals surface area contributed by atoms with E-state index in [0.717, 1.165) is 19.2 Å². The Morgan fingerprint density at radius 2 is 1.71 bits per heavy atom. The monoisotopic (exact) mass is 408 g/mol. The van der Waals surface area contributed by atoms with Gasteiger partial charge in [0.05, 0.1) is 12.7 Å². The van der Waals surface area contributed by atoms with Gasteiger partial charge < -0.3 is 15.4 Å². The van der Waals surface area contributed by atoms with Crippen molar-refractivity contribution >= 4 is 17.5 Å². The average Bonchev–Trinajstić information content (AvgIpc) is 2.60. The maximum absolute atomic E-state index is 13.1. The molecule has 1 aromatic heterocycles. The van der Waals surface area contributed by atoms with Crippen molar-refractivity contribution in [2.24, 2.45) is 0 Å². The SMILES string of the molecule is CC[C@H](C)Nc1nc(Nc2ccc(OC)c(C(F)(F)F)c2)cc(C(F)(F)F)n1. The summed E-state index contributed by atoms with van der Waals surface area (Å²) in [4.78, 5) is 7.35. The van der Waals surface area contributed by atoms with Gasteiger partial charge in [-0.15, -0.1) is 0 Å². The lowest BCUT2D eigenvalue weighted by Gasteiger charge is -2.17. The zero-order chi connectivity index (χ0) is 21.1. The topological polar surface area (TPSA) is 59.1 Å². The summed E-state index contributed by atoms with van der Waals surface area (Å²) in [6, 6.07) is 3.46. The fraction of sp³-hybridized carbons (Fsp3) is 0.412. The summed E-state index contributed by atoms with van der Waals surface area (Å²) in [5, 5.41) is 5.19. The number of ether oxygens (including phenoxy) is 1. The zero-order valence-corrected chi connectivity index (χ0v) is 15.2.